The van der Waals surface area contributed by atoms with Crippen LogP contribution in [0.1, 0.15) is 42.9 Å². The molecule has 0 saturated carbocycles. The quantitative estimate of drug-likeness (QED) is 0.462. The van der Waals surface area contributed by atoms with Crippen molar-refractivity contribution < 1.29 is 28.6 Å². The summed E-state index contributed by atoms with van der Waals surface area (Å²) in [6, 6.07) is 13.7. The van der Waals surface area contributed by atoms with E-state index in [-0.39, 0.29) is 22.7 Å². The standard InChI is InChI=1S/C24H24N2O6S/c1-5-32-24(29)19-14(2)20(22(28)25-16-9-7-6-8-10-16)33-23(19)26-21(27)15-11-17(30-3)13-18(12-15)31-4/h6-13H,5H2,1-4H3,(H,25,28)(H,26,27). The van der Waals surface area contributed by atoms with E-state index in [1.807, 2.05) is 6.07 Å². The predicted molar refractivity (Wildman–Crippen MR) is 127 cm³/mol. The van der Waals surface area contributed by atoms with Gasteiger partial charge in [0, 0.05) is 17.3 Å². The van der Waals surface area contributed by atoms with Gasteiger partial charge in [-0.1, -0.05) is 18.2 Å². The summed E-state index contributed by atoms with van der Waals surface area (Å²) in [5.41, 5.74) is 1.44. The third kappa shape index (κ3) is 5.50. The Morgan fingerprint density at radius 1 is 0.909 bits per heavy atom. The van der Waals surface area contributed by atoms with Crippen LogP contribution in [0.15, 0.2) is 48.5 Å². The van der Waals surface area contributed by atoms with Gasteiger partial charge in [-0.2, -0.15) is 0 Å². The van der Waals surface area contributed by atoms with Crippen LogP contribution >= 0.6 is 11.3 Å². The van der Waals surface area contributed by atoms with Crippen LogP contribution in [-0.4, -0.2) is 38.6 Å². The second kappa shape index (κ2) is 10.6. The van der Waals surface area contributed by atoms with Gasteiger partial charge in [0.1, 0.15) is 16.5 Å². The predicted octanol–water partition coefficient (Wildman–Crippen LogP) is 4.76. The highest BCUT2D eigenvalue weighted by molar-refractivity contribution is 7.19. The number of methoxy groups -OCH3 is 2. The largest absolute Gasteiger partial charge is 0.497 e. The number of nitrogens with one attached hydrogen (secondary N) is 2. The maximum atomic E-state index is 13.0. The molecule has 0 atom stereocenters. The molecular weight excluding hydrogens is 444 g/mol. The molecular formula is C24H24N2O6S. The van der Waals surface area contributed by atoms with Gasteiger partial charge in [0.15, 0.2) is 0 Å². The lowest BCUT2D eigenvalue weighted by Gasteiger charge is -2.10. The van der Waals surface area contributed by atoms with Crippen molar-refractivity contribution in [3.8, 4) is 11.5 Å². The zero-order valence-electron chi connectivity index (χ0n) is 18.7. The number of rotatable bonds is 8. The Morgan fingerprint density at radius 2 is 1.55 bits per heavy atom. The van der Waals surface area contributed by atoms with Crippen molar-refractivity contribution in [1.82, 2.24) is 0 Å². The number of benzene rings is 2. The van der Waals surface area contributed by atoms with Gasteiger partial charge in [0.05, 0.1) is 31.3 Å². The van der Waals surface area contributed by atoms with E-state index in [9.17, 15) is 14.4 Å². The van der Waals surface area contributed by atoms with E-state index in [0.717, 1.165) is 11.3 Å². The molecule has 33 heavy (non-hydrogen) atoms. The zero-order chi connectivity index (χ0) is 24.0. The molecule has 0 bridgehead atoms. The Morgan fingerprint density at radius 3 is 2.12 bits per heavy atom. The molecule has 8 nitrogen and oxygen atoms in total. The molecule has 2 aromatic carbocycles. The number of hydrogen-bond acceptors (Lipinski definition) is 7. The number of anilines is 2. The fraction of sp³-hybridized carbons (Fsp3) is 0.208. The minimum absolute atomic E-state index is 0.142. The highest BCUT2D eigenvalue weighted by Crippen LogP contribution is 2.35. The van der Waals surface area contributed by atoms with Crippen molar-refractivity contribution in [2.75, 3.05) is 31.5 Å². The molecule has 2 amide bonds. The molecule has 172 valence electrons. The van der Waals surface area contributed by atoms with Gasteiger partial charge in [0.25, 0.3) is 11.8 Å². The lowest BCUT2D eigenvalue weighted by molar-refractivity contribution is 0.0527. The number of hydrogen-bond donors (Lipinski definition) is 2. The third-order valence-corrected chi connectivity index (χ3v) is 5.91. The van der Waals surface area contributed by atoms with Crippen molar-refractivity contribution in [3.05, 3.63) is 70.1 Å². The van der Waals surface area contributed by atoms with Crippen LogP contribution in [-0.2, 0) is 4.74 Å². The summed E-state index contributed by atoms with van der Waals surface area (Å²) in [7, 11) is 2.96. The van der Waals surface area contributed by atoms with Crippen LogP contribution in [0.2, 0.25) is 0 Å². The molecule has 0 saturated heterocycles. The summed E-state index contributed by atoms with van der Waals surface area (Å²) in [6.07, 6.45) is 0. The van der Waals surface area contributed by atoms with Gasteiger partial charge in [0.2, 0.25) is 0 Å². The molecule has 0 radical (unpaired) electrons. The highest BCUT2D eigenvalue weighted by Gasteiger charge is 2.27. The summed E-state index contributed by atoms with van der Waals surface area (Å²) in [4.78, 5) is 38.9. The molecule has 9 heteroatoms. The van der Waals surface area contributed by atoms with Crippen LogP contribution in [0.25, 0.3) is 0 Å². The average Bonchev–Trinajstić information content (AvgIpc) is 3.15. The van der Waals surface area contributed by atoms with Crippen LogP contribution in [0.4, 0.5) is 10.7 Å². The minimum atomic E-state index is -0.622. The van der Waals surface area contributed by atoms with E-state index in [1.54, 1.807) is 56.3 Å². The maximum Gasteiger partial charge on any atom is 0.341 e. The molecule has 3 aromatic rings. The number of ether oxygens (including phenoxy) is 3. The maximum absolute atomic E-state index is 13.0. The van der Waals surface area contributed by atoms with Crippen molar-refractivity contribution in [1.29, 1.82) is 0 Å². The number of thiophene rings is 1. The van der Waals surface area contributed by atoms with Gasteiger partial charge in [-0.25, -0.2) is 4.79 Å². The molecule has 1 aromatic heterocycles. The fourth-order valence-electron chi connectivity index (χ4n) is 3.09. The number of carbonyl (C=O) groups excluding carboxylic acids is 3. The third-order valence-electron chi connectivity index (χ3n) is 4.70. The SMILES string of the molecule is CCOC(=O)c1c(NC(=O)c2cc(OC)cc(OC)c2)sc(C(=O)Nc2ccccc2)c1C. The monoisotopic (exact) mass is 468 g/mol. The van der Waals surface area contributed by atoms with Crippen molar-refractivity contribution in [2.24, 2.45) is 0 Å². The normalized spacial score (nSPS) is 10.3. The molecule has 2 N–H and O–H groups in total. The summed E-state index contributed by atoms with van der Waals surface area (Å²) >= 11 is 1.00. The minimum Gasteiger partial charge on any atom is -0.497 e. The molecule has 3 rings (SSSR count). The van der Waals surface area contributed by atoms with Crippen LogP contribution in [0.5, 0.6) is 11.5 Å². The fourth-order valence-corrected chi connectivity index (χ4v) is 4.18. The Balaban J connectivity index is 1.96. The molecule has 1 heterocycles. The second-order valence-corrected chi connectivity index (χ2v) is 7.88. The topological polar surface area (TPSA) is 103 Å². The van der Waals surface area contributed by atoms with Gasteiger partial charge in [-0.15, -0.1) is 11.3 Å². The van der Waals surface area contributed by atoms with E-state index >= 15 is 0 Å². The molecule has 0 fully saturated rings. The Bertz CT molecular complexity index is 1150. The summed E-state index contributed by atoms with van der Waals surface area (Å²) in [5.74, 6) is -0.624. The molecule has 0 unspecified atom stereocenters. The first-order chi connectivity index (χ1) is 15.9. The first-order valence-corrected chi connectivity index (χ1v) is 10.9. The van der Waals surface area contributed by atoms with E-state index in [4.69, 9.17) is 14.2 Å². The average molecular weight is 469 g/mol. The lowest BCUT2D eigenvalue weighted by Crippen LogP contribution is -2.15. The molecule has 0 aliphatic heterocycles. The zero-order valence-corrected chi connectivity index (χ0v) is 19.5. The smallest absolute Gasteiger partial charge is 0.341 e. The van der Waals surface area contributed by atoms with Crippen molar-refractivity contribution in [2.45, 2.75) is 13.8 Å². The van der Waals surface area contributed by atoms with E-state index in [2.05, 4.69) is 10.6 Å². The van der Waals surface area contributed by atoms with E-state index < -0.39 is 17.8 Å². The molecule has 0 aliphatic rings. The van der Waals surface area contributed by atoms with Crippen LogP contribution in [0.3, 0.4) is 0 Å². The first kappa shape index (κ1) is 23.8. The highest BCUT2D eigenvalue weighted by atomic mass is 32.1. The van der Waals surface area contributed by atoms with Gasteiger partial charge in [-0.05, 0) is 43.7 Å². The van der Waals surface area contributed by atoms with Gasteiger partial charge < -0.3 is 24.8 Å². The van der Waals surface area contributed by atoms with Crippen LogP contribution < -0.4 is 20.1 Å². The van der Waals surface area contributed by atoms with Gasteiger partial charge >= 0.3 is 5.97 Å². The van der Waals surface area contributed by atoms with E-state index in [1.165, 1.54) is 14.2 Å². The lowest BCUT2D eigenvalue weighted by atomic mass is 10.1. The molecule has 0 aliphatic carbocycles. The van der Waals surface area contributed by atoms with Crippen molar-refractivity contribution >= 4 is 39.8 Å². The number of esters is 1. The number of para-hydroxylation sites is 1. The van der Waals surface area contributed by atoms with Crippen molar-refractivity contribution in [3.63, 3.8) is 0 Å². The summed E-state index contributed by atoms with van der Waals surface area (Å²) in [6.45, 7) is 3.48. The summed E-state index contributed by atoms with van der Waals surface area (Å²) in [5, 5.41) is 5.75. The first-order valence-electron chi connectivity index (χ1n) is 10.1. The Kier molecular flexibility index (Phi) is 7.68. The van der Waals surface area contributed by atoms with Gasteiger partial charge in [-0.3, -0.25) is 9.59 Å². The molecule has 0 spiro atoms. The summed E-state index contributed by atoms with van der Waals surface area (Å²) < 4.78 is 15.6. The van der Waals surface area contributed by atoms with E-state index in [0.29, 0.717) is 27.6 Å². The second-order valence-electron chi connectivity index (χ2n) is 6.86. The Hall–Kier alpha value is -3.85. The Labute approximate surface area is 195 Å². The van der Waals surface area contributed by atoms with Crippen LogP contribution in [0, 0.1) is 6.92 Å². The number of carbonyl (C=O) groups is 3. The number of amides is 2.